The molecule has 92 valence electrons. The second-order valence-electron chi connectivity index (χ2n) is 3.90. The van der Waals surface area contributed by atoms with E-state index < -0.39 is 30.0 Å². The van der Waals surface area contributed by atoms with E-state index in [1.54, 1.807) is 0 Å². The third-order valence-corrected chi connectivity index (χ3v) is 2.69. The van der Waals surface area contributed by atoms with Gasteiger partial charge in [0.15, 0.2) is 0 Å². The van der Waals surface area contributed by atoms with Crippen molar-refractivity contribution in [1.82, 2.24) is 4.90 Å². The number of rotatable bonds is 1. The summed E-state index contributed by atoms with van der Waals surface area (Å²) in [6.07, 6.45) is -4.10. The molecule has 1 saturated heterocycles. The summed E-state index contributed by atoms with van der Waals surface area (Å²) >= 11 is 0. The highest BCUT2D eigenvalue weighted by atomic mass is 19.4. The molecule has 0 aliphatic carbocycles. The zero-order valence-electron chi connectivity index (χ0n) is 8.62. The Morgan fingerprint density at radius 3 is 2.38 bits per heavy atom. The number of halogens is 3. The van der Waals surface area contributed by atoms with Gasteiger partial charge in [0, 0.05) is 6.54 Å². The minimum Gasteiger partial charge on any atom is -0.480 e. The van der Waals surface area contributed by atoms with Gasteiger partial charge >= 0.3 is 18.1 Å². The van der Waals surface area contributed by atoms with E-state index in [0.717, 1.165) is 0 Å². The average Bonchev–Trinajstić information content (AvgIpc) is 2.14. The molecule has 0 radical (unpaired) electrons. The van der Waals surface area contributed by atoms with E-state index in [9.17, 15) is 22.8 Å². The van der Waals surface area contributed by atoms with E-state index in [1.807, 2.05) is 0 Å². The Morgan fingerprint density at radius 2 is 1.94 bits per heavy atom. The molecule has 2 atom stereocenters. The smallest absolute Gasteiger partial charge is 0.471 e. The highest BCUT2D eigenvalue weighted by Gasteiger charge is 2.48. The van der Waals surface area contributed by atoms with Gasteiger partial charge in [-0.25, -0.2) is 4.79 Å². The summed E-state index contributed by atoms with van der Waals surface area (Å²) in [6.45, 7) is 1.38. The minimum atomic E-state index is -5.01. The summed E-state index contributed by atoms with van der Waals surface area (Å²) in [5, 5.41) is 8.83. The number of carbonyl (C=O) groups is 2. The van der Waals surface area contributed by atoms with Crippen LogP contribution in [0.2, 0.25) is 0 Å². The van der Waals surface area contributed by atoms with Gasteiger partial charge in [0.25, 0.3) is 0 Å². The summed E-state index contributed by atoms with van der Waals surface area (Å²) in [7, 11) is 0. The molecule has 1 aliphatic heterocycles. The summed E-state index contributed by atoms with van der Waals surface area (Å²) in [4.78, 5) is 22.3. The second-order valence-corrected chi connectivity index (χ2v) is 3.90. The first-order valence-corrected chi connectivity index (χ1v) is 4.85. The molecule has 0 saturated carbocycles. The molecular formula is C9H12F3NO3. The number of hydrogen-bond donors (Lipinski definition) is 1. The molecule has 0 aromatic rings. The summed E-state index contributed by atoms with van der Waals surface area (Å²) in [6, 6.07) is -1.37. The Balaban J connectivity index is 2.92. The molecule has 0 bridgehead atoms. The summed E-state index contributed by atoms with van der Waals surface area (Å²) in [5.41, 5.74) is 0. The number of carboxylic acid groups (broad SMARTS) is 1. The predicted octanol–water partition coefficient (Wildman–Crippen LogP) is 1.26. The fraction of sp³-hybridized carbons (Fsp3) is 0.778. The third kappa shape index (κ3) is 2.45. The van der Waals surface area contributed by atoms with E-state index in [-0.39, 0.29) is 6.54 Å². The SMILES string of the molecule is CC1CCCN(C(=O)C(F)(F)F)C1C(=O)O. The van der Waals surface area contributed by atoms with E-state index >= 15 is 0 Å². The van der Waals surface area contributed by atoms with Crippen LogP contribution in [0.15, 0.2) is 0 Å². The van der Waals surface area contributed by atoms with Crippen molar-refractivity contribution in [2.75, 3.05) is 6.54 Å². The lowest BCUT2D eigenvalue weighted by Gasteiger charge is -2.37. The van der Waals surface area contributed by atoms with Gasteiger partial charge in [-0.2, -0.15) is 13.2 Å². The largest absolute Gasteiger partial charge is 0.480 e. The van der Waals surface area contributed by atoms with Gasteiger partial charge in [0.2, 0.25) is 0 Å². The van der Waals surface area contributed by atoms with Crippen LogP contribution < -0.4 is 0 Å². The lowest BCUT2D eigenvalue weighted by Crippen LogP contribution is -2.55. The van der Waals surface area contributed by atoms with Crippen LogP contribution in [0.4, 0.5) is 13.2 Å². The number of carbonyl (C=O) groups excluding carboxylic acids is 1. The number of hydrogen-bond acceptors (Lipinski definition) is 2. The van der Waals surface area contributed by atoms with Crippen LogP contribution in [-0.4, -0.2) is 40.6 Å². The number of likely N-dealkylation sites (tertiary alicyclic amines) is 1. The quantitative estimate of drug-likeness (QED) is 0.749. The van der Waals surface area contributed by atoms with Crippen LogP contribution in [0.5, 0.6) is 0 Å². The van der Waals surface area contributed by atoms with Crippen molar-refractivity contribution in [3.8, 4) is 0 Å². The Kier molecular flexibility index (Phi) is 3.44. The molecule has 0 spiro atoms. The van der Waals surface area contributed by atoms with Crippen molar-refractivity contribution < 1.29 is 27.9 Å². The van der Waals surface area contributed by atoms with E-state index in [0.29, 0.717) is 17.7 Å². The van der Waals surface area contributed by atoms with Gasteiger partial charge in [0.1, 0.15) is 6.04 Å². The predicted molar refractivity (Wildman–Crippen MR) is 47.6 cm³/mol. The van der Waals surface area contributed by atoms with Crippen molar-refractivity contribution in [2.24, 2.45) is 5.92 Å². The lowest BCUT2D eigenvalue weighted by atomic mass is 9.90. The molecule has 4 nitrogen and oxygen atoms in total. The van der Waals surface area contributed by atoms with Crippen LogP contribution in [-0.2, 0) is 9.59 Å². The highest BCUT2D eigenvalue weighted by molar-refractivity contribution is 5.87. The summed E-state index contributed by atoms with van der Waals surface area (Å²) < 4.78 is 36.6. The van der Waals surface area contributed by atoms with Crippen LogP contribution in [0.25, 0.3) is 0 Å². The van der Waals surface area contributed by atoms with E-state index in [2.05, 4.69) is 0 Å². The van der Waals surface area contributed by atoms with E-state index in [1.165, 1.54) is 6.92 Å². The first-order valence-electron chi connectivity index (χ1n) is 4.85. The summed E-state index contributed by atoms with van der Waals surface area (Å²) in [5.74, 6) is -3.91. The van der Waals surface area contributed by atoms with Crippen molar-refractivity contribution in [3.63, 3.8) is 0 Å². The van der Waals surface area contributed by atoms with Gasteiger partial charge in [-0.1, -0.05) is 6.92 Å². The molecule has 1 fully saturated rings. The van der Waals surface area contributed by atoms with Crippen molar-refractivity contribution in [1.29, 1.82) is 0 Å². The van der Waals surface area contributed by atoms with Crippen molar-refractivity contribution >= 4 is 11.9 Å². The standard InChI is InChI=1S/C9H12F3NO3/c1-5-3-2-4-13(6(5)7(14)15)8(16)9(10,11)12/h5-6H,2-4H2,1H3,(H,14,15). The second kappa shape index (κ2) is 4.31. The molecule has 16 heavy (non-hydrogen) atoms. The number of amides is 1. The van der Waals surface area contributed by atoms with Gasteiger partial charge in [0.05, 0.1) is 0 Å². The third-order valence-electron chi connectivity index (χ3n) is 2.69. The van der Waals surface area contributed by atoms with Crippen LogP contribution in [0.3, 0.4) is 0 Å². The maximum Gasteiger partial charge on any atom is 0.471 e. The minimum absolute atomic E-state index is 0.153. The molecule has 2 unspecified atom stereocenters. The van der Waals surface area contributed by atoms with Gasteiger partial charge in [-0.3, -0.25) is 4.79 Å². The molecular weight excluding hydrogens is 227 g/mol. The number of alkyl halides is 3. The Morgan fingerprint density at radius 1 is 1.38 bits per heavy atom. The van der Waals surface area contributed by atoms with Gasteiger partial charge in [-0.15, -0.1) is 0 Å². The van der Waals surface area contributed by atoms with Gasteiger partial charge in [-0.05, 0) is 18.8 Å². The van der Waals surface area contributed by atoms with Crippen molar-refractivity contribution in [2.45, 2.75) is 32.0 Å². The maximum absolute atomic E-state index is 12.2. The molecule has 0 aromatic heterocycles. The van der Waals surface area contributed by atoms with Crippen LogP contribution >= 0.6 is 0 Å². The molecule has 1 rings (SSSR count). The fourth-order valence-electron chi connectivity index (χ4n) is 1.96. The Labute approximate surface area is 90.0 Å². The topological polar surface area (TPSA) is 57.6 Å². The van der Waals surface area contributed by atoms with Crippen LogP contribution in [0.1, 0.15) is 19.8 Å². The number of nitrogens with zero attached hydrogens (tertiary/aromatic N) is 1. The highest BCUT2D eigenvalue weighted by Crippen LogP contribution is 2.28. The average molecular weight is 239 g/mol. The monoisotopic (exact) mass is 239 g/mol. The van der Waals surface area contributed by atoms with E-state index in [4.69, 9.17) is 5.11 Å². The molecule has 1 N–H and O–H groups in total. The molecule has 7 heteroatoms. The van der Waals surface area contributed by atoms with Crippen LogP contribution in [0, 0.1) is 5.92 Å². The molecule has 0 aromatic carbocycles. The Hall–Kier alpha value is -1.27. The first-order chi connectivity index (χ1) is 7.25. The molecule has 1 aliphatic rings. The van der Waals surface area contributed by atoms with Crippen molar-refractivity contribution in [3.05, 3.63) is 0 Å². The molecule has 1 amide bonds. The number of piperidine rings is 1. The Bertz CT molecular complexity index is 303. The fourth-order valence-corrected chi connectivity index (χ4v) is 1.96. The lowest BCUT2D eigenvalue weighted by molar-refractivity contribution is -0.192. The maximum atomic E-state index is 12.2. The normalized spacial score (nSPS) is 26.6. The number of aliphatic carboxylic acids is 1. The first kappa shape index (κ1) is 12.8. The zero-order valence-corrected chi connectivity index (χ0v) is 8.62. The number of carboxylic acids is 1. The van der Waals surface area contributed by atoms with Gasteiger partial charge < -0.3 is 10.0 Å². The zero-order chi connectivity index (χ0) is 12.5. The molecule has 1 heterocycles.